The number of anilines is 3. The molecule has 0 spiro atoms. The van der Waals surface area contributed by atoms with Crippen LogP contribution in [0.25, 0.3) is 0 Å². The summed E-state index contributed by atoms with van der Waals surface area (Å²) < 4.78 is 5.05. The fourth-order valence-electron chi connectivity index (χ4n) is 3.57. The van der Waals surface area contributed by atoms with Crippen LogP contribution in [0, 0.1) is 5.92 Å². The highest BCUT2D eigenvalue weighted by Gasteiger charge is 2.21. The summed E-state index contributed by atoms with van der Waals surface area (Å²) in [7, 11) is 1.68. The van der Waals surface area contributed by atoms with Gasteiger partial charge in [-0.25, -0.2) is 0 Å². The molecular weight excluding hydrogens is 360 g/mol. The van der Waals surface area contributed by atoms with E-state index in [1.165, 1.54) is 32.1 Å². The van der Waals surface area contributed by atoms with E-state index >= 15 is 0 Å². The van der Waals surface area contributed by atoms with Gasteiger partial charge in [-0.15, -0.1) is 0 Å². The highest BCUT2D eigenvalue weighted by molar-refractivity contribution is 7.80. The van der Waals surface area contributed by atoms with E-state index in [-0.39, 0.29) is 0 Å². The Morgan fingerprint density at radius 2 is 1.74 bits per heavy atom. The van der Waals surface area contributed by atoms with E-state index in [9.17, 15) is 0 Å². The molecule has 0 atom stereocenters. The van der Waals surface area contributed by atoms with Gasteiger partial charge in [-0.05, 0) is 50.2 Å². The van der Waals surface area contributed by atoms with Crippen molar-refractivity contribution in [2.75, 3.05) is 61.6 Å². The molecule has 3 rings (SSSR count). The second-order valence-electron chi connectivity index (χ2n) is 7.50. The zero-order chi connectivity index (χ0) is 19.1. The van der Waals surface area contributed by atoms with E-state index in [0.717, 1.165) is 43.7 Å². The third-order valence-electron chi connectivity index (χ3n) is 5.30. The Morgan fingerprint density at radius 3 is 2.37 bits per heavy atom. The van der Waals surface area contributed by atoms with Crippen LogP contribution in [0.3, 0.4) is 0 Å². The van der Waals surface area contributed by atoms with Gasteiger partial charge in [0.25, 0.3) is 0 Å². The molecule has 1 aromatic rings. The van der Waals surface area contributed by atoms with Crippen molar-refractivity contribution in [2.45, 2.75) is 39.0 Å². The predicted octanol–water partition coefficient (Wildman–Crippen LogP) is 2.64. The van der Waals surface area contributed by atoms with E-state index in [1.807, 2.05) is 0 Å². The normalized spacial score (nSPS) is 18.4. The first-order chi connectivity index (χ1) is 13.2. The predicted molar refractivity (Wildman–Crippen MR) is 115 cm³/mol. The van der Waals surface area contributed by atoms with Crippen LogP contribution < -0.4 is 20.4 Å². The standard InChI is InChI=1S/C19H32N6OS/c1-15-6-11-25(12-7-15)17-14-16(24-9-4-3-5-10-24)21-18(22-17)23-19(27)20-8-13-26-2/h14-15H,3-13H2,1-2H3,(H2,20,21,22,23,27). The molecule has 0 amide bonds. The first-order valence-electron chi connectivity index (χ1n) is 10.1. The summed E-state index contributed by atoms with van der Waals surface area (Å²) in [5, 5.41) is 6.81. The summed E-state index contributed by atoms with van der Waals surface area (Å²) in [6, 6.07) is 2.15. The van der Waals surface area contributed by atoms with Crippen molar-refractivity contribution in [3.05, 3.63) is 6.07 Å². The van der Waals surface area contributed by atoms with Gasteiger partial charge in [0.2, 0.25) is 5.95 Å². The minimum absolute atomic E-state index is 0.529. The maximum atomic E-state index is 5.38. The van der Waals surface area contributed by atoms with Crippen molar-refractivity contribution in [3.8, 4) is 0 Å². The monoisotopic (exact) mass is 392 g/mol. The maximum absolute atomic E-state index is 5.38. The van der Waals surface area contributed by atoms with Gasteiger partial charge in [0.05, 0.1) is 6.61 Å². The molecule has 27 heavy (non-hydrogen) atoms. The van der Waals surface area contributed by atoms with Crippen molar-refractivity contribution in [1.29, 1.82) is 0 Å². The molecule has 8 heteroatoms. The molecule has 2 N–H and O–H groups in total. The zero-order valence-corrected chi connectivity index (χ0v) is 17.4. The van der Waals surface area contributed by atoms with Gasteiger partial charge in [0.15, 0.2) is 5.11 Å². The third kappa shape index (κ3) is 5.90. The Hall–Kier alpha value is -1.67. The van der Waals surface area contributed by atoms with Crippen molar-refractivity contribution in [2.24, 2.45) is 5.92 Å². The fraction of sp³-hybridized carbons (Fsp3) is 0.737. The molecule has 0 aromatic carbocycles. The van der Waals surface area contributed by atoms with Gasteiger partial charge in [-0.3, -0.25) is 0 Å². The molecule has 7 nitrogen and oxygen atoms in total. The molecule has 3 heterocycles. The van der Waals surface area contributed by atoms with Crippen LogP contribution in [-0.4, -0.2) is 61.5 Å². The van der Waals surface area contributed by atoms with Gasteiger partial charge < -0.3 is 25.2 Å². The first-order valence-corrected chi connectivity index (χ1v) is 10.5. The lowest BCUT2D eigenvalue weighted by atomic mass is 9.99. The highest BCUT2D eigenvalue weighted by atomic mass is 32.1. The topological polar surface area (TPSA) is 65.6 Å². The van der Waals surface area contributed by atoms with Crippen LogP contribution in [-0.2, 0) is 4.74 Å². The number of nitrogens with one attached hydrogen (secondary N) is 2. The largest absolute Gasteiger partial charge is 0.383 e. The Bertz CT molecular complexity index is 614. The lowest BCUT2D eigenvalue weighted by Gasteiger charge is -2.33. The van der Waals surface area contributed by atoms with Crippen LogP contribution in [0.2, 0.25) is 0 Å². The Labute approximate surface area is 167 Å². The molecule has 0 unspecified atom stereocenters. The zero-order valence-electron chi connectivity index (χ0n) is 16.5. The van der Waals surface area contributed by atoms with Crippen LogP contribution in [0.5, 0.6) is 0 Å². The average molecular weight is 393 g/mol. The van der Waals surface area contributed by atoms with Crippen molar-refractivity contribution in [1.82, 2.24) is 15.3 Å². The smallest absolute Gasteiger partial charge is 0.232 e. The lowest BCUT2D eigenvalue weighted by molar-refractivity contribution is 0.204. The molecular formula is C19H32N6OS. The molecule has 0 radical (unpaired) electrons. The van der Waals surface area contributed by atoms with Gasteiger partial charge in [-0.1, -0.05) is 6.92 Å². The Balaban J connectivity index is 1.76. The quantitative estimate of drug-likeness (QED) is 0.566. The van der Waals surface area contributed by atoms with Crippen molar-refractivity contribution in [3.63, 3.8) is 0 Å². The summed E-state index contributed by atoms with van der Waals surface area (Å²) >= 11 is 5.38. The molecule has 0 saturated carbocycles. The second-order valence-corrected chi connectivity index (χ2v) is 7.91. The van der Waals surface area contributed by atoms with E-state index in [2.05, 4.69) is 33.4 Å². The number of aromatic nitrogens is 2. The van der Waals surface area contributed by atoms with Crippen LogP contribution >= 0.6 is 12.2 Å². The molecule has 150 valence electrons. The summed E-state index contributed by atoms with van der Waals surface area (Å²) in [5.41, 5.74) is 0. The van der Waals surface area contributed by atoms with Gasteiger partial charge in [0.1, 0.15) is 11.6 Å². The molecule has 0 aliphatic carbocycles. The lowest BCUT2D eigenvalue weighted by Crippen LogP contribution is -2.36. The number of thiocarbonyl (C=S) groups is 1. The molecule has 0 bridgehead atoms. The molecule has 1 aromatic heterocycles. The van der Waals surface area contributed by atoms with Crippen LogP contribution in [0.15, 0.2) is 6.07 Å². The average Bonchev–Trinajstić information content (AvgIpc) is 2.69. The number of piperidine rings is 2. The van der Waals surface area contributed by atoms with Crippen molar-refractivity contribution < 1.29 is 4.74 Å². The van der Waals surface area contributed by atoms with E-state index in [1.54, 1.807) is 7.11 Å². The molecule has 2 aliphatic heterocycles. The van der Waals surface area contributed by atoms with E-state index in [0.29, 0.717) is 24.2 Å². The second kappa shape index (κ2) is 10.0. The van der Waals surface area contributed by atoms with E-state index in [4.69, 9.17) is 26.9 Å². The molecule has 2 aliphatic rings. The van der Waals surface area contributed by atoms with Crippen LogP contribution in [0.4, 0.5) is 17.6 Å². The number of nitrogens with zero attached hydrogens (tertiary/aromatic N) is 4. The third-order valence-corrected chi connectivity index (χ3v) is 5.55. The van der Waals surface area contributed by atoms with E-state index < -0.39 is 0 Å². The number of rotatable bonds is 6. The summed E-state index contributed by atoms with van der Waals surface area (Å²) in [4.78, 5) is 14.3. The number of ether oxygens (including phenoxy) is 1. The first kappa shape index (κ1) is 20.1. The Morgan fingerprint density at radius 1 is 1.11 bits per heavy atom. The minimum Gasteiger partial charge on any atom is -0.383 e. The molecule has 2 fully saturated rings. The highest BCUT2D eigenvalue weighted by Crippen LogP contribution is 2.27. The summed E-state index contributed by atoms with van der Waals surface area (Å²) in [6.45, 7) is 7.81. The summed E-state index contributed by atoms with van der Waals surface area (Å²) in [6.07, 6.45) is 6.17. The minimum atomic E-state index is 0.529. The molecule has 2 saturated heterocycles. The fourth-order valence-corrected chi connectivity index (χ4v) is 3.77. The van der Waals surface area contributed by atoms with Crippen molar-refractivity contribution >= 4 is 34.9 Å². The number of hydrogen-bond donors (Lipinski definition) is 2. The number of methoxy groups -OCH3 is 1. The SMILES string of the molecule is COCCNC(=S)Nc1nc(N2CCCCC2)cc(N2CCC(C)CC2)n1. The number of hydrogen-bond acceptors (Lipinski definition) is 6. The van der Waals surface area contributed by atoms with Gasteiger partial charge >= 0.3 is 0 Å². The van der Waals surface area contributed by atoms with Gasteiger partial charge in [0, 0.05) is 45.9 Å². The van der Waals surface area contributed by atoms with Gasteiger partial charge in [-0.2, -0.15) is 9.97 Å². The van der Waals surface area contributed by atoms with Crippen LogP contribution in [0.1, 0.15) is 39.0 Å². The summed E-state index contributed by atoms with van der Waals surface area (Å²) in [5.74, 6) is 3.36. The Kier molecular flexibility index (Phi) is 7.46. The maximum Gasteiger partial charge on any atom is 0.232 e.